The number of amides is 2. The monoisotopic (exact) mass is 317 g/mol. The van der Waals surface area contributed by atoms with Gasteiger partial charge < -0.3 is 4.90 Å². The van der Waals surface area contributed by atoms with Crippen LogP contribution in [0.5, 0.6) is 0 Å². The van der Waals surface area contributed by atoms with Crippen LogP contribution in [0.2, 0.25) is 0 Å². The van der Waals surface area contributed by atoms with Crippen LogP contribution in [0.25, 0.3) is 0 Å². The molecule has 2 amide bonds. The lowest BCUT2D eigenvalue weighted by Crippen LogP contribution is -2.43. The lowest BCUT2D eigenvalue weighted by Gasteiger charge is -2.32. The molecule has 1 aromatic carbocycles. The Balaban J connectivity index is 1.64. The Morgan fingerprint density at radius 1 is 1.30 bits per heavy atom. The van der Waals surface area contributed by atoms with Gasteiger partial charge >= 0.3 is 0 Å². The predicted octanol–water partition coefficient (Wildman–Crippen LogP) is 1.43. The van der Waals surface area contributed by atoms with Gasteiger partial charge in [-0.15, -0.1) is 0 Å². The quantitative estimate of drug-likeness (QED) is 0.896. The van der Waals surface area contributed by atoms with Gasteiger partial charge in [-0.05, 0) is 37.1 Å². The zero-order valence-electron chi connectivity index (χ0n) is 12.3. The Morgan fingerprint density at radius 2 is 2.09 bits per heavy atom. The fourth-order valence-electron chi connectivity index (χ4n) is 2.64. The van der Waals surface area contributed by atoms with Gasteiger partial charge in [-0.1, -0.05) is 0 Å². The summed E-state index contributed by atoms with van der Waals surface area (Å²) in [6.45, 7) is 0.915. The normalized spacial score (nSPS) is 17.8. The van der Waals surface area contributed by atoms with Crippen LogP contribution in [-0.2, 0) is 4.79 Å². The molecular weight excluding hydrogens is 301 g/mol. The minimum Gasteiger partial charge on any atom is -0.338 e. The molecule has 1 fully saturated rings. The first-order valence-corrected chi connectivity index (χ1v) is 7.34. The molecule has 1 saturated heterocycles. The maximum Gasteiger partial charge on any atom is 0.253 e. The maximum absolute atomic E-state index is 12.9. The summed E-state index contributed by atoms with van der Waals surface area (Å²) in [6.07, 6.45) is 2.75. The summed E-state index contributed by atoms with van der Waals surface area (Å²) in [5, 5.41) is 8.87. The molecule has 0 bridgehead atoms. The Kier molecular flexibility index (Phi) is 4.31. The highest BCUT2D eigenvalue weighted by Gasteiger charge is 2.29. The van der Waals surface area contributed by atoms with Gasteiger partial charge in [0, 0.05) is 18.7 Å². The van der Waals surface area contributed by atoms with Crippen molar-refractivity contribution < 1.29 is 14.0 Å². The zero-order chi connectivity index (χ0) is 16.2. The van der Waals surface area contributed by atoms with Crippen LogP contribution in [0.15, 0.2) is 30.6 Å². The molecule has 3 rings (SSSR count). The number of hydrogen-bond donors (Lipinski definition) is 2. The molecule has 120 valence electrons. The number of nitrogens with one attached hydrogen (secondary N) is 2. The third kappa shape index (κ3) is 3.53. The van der Waals surface area contributed by atoms with Gasteiger partial charge in [-0.3, -0.25) is 14.9 Å². The van der Waals surface area contributed by atoms with Crippen LogP contribution in [-0.4, -0.2) is 45.0 Å². The SMILES string of the molecule is O=C(Nc1ncn[nH]1)C1CCCN(C(=O)c2ccc(F)cc2)C1. The van der Waals surface area contributed by atoms with Crippen LogP contribution < -0.4 is 5.32 Å². The van der Waals surface area contributed by atoms with Crippen molar-refractivity contribution in [2.75, 3.05) is 18.4 Å². The van der Waals surface area contributed by atoms with E-state index in [1.165, 1.54) is 30.6 Å². The number of aromatic amines is 1. The van der Waals surface area contributed by atoms with Crippen molar-refractivity contribution in [1.82, 2.24) is 20.1 Å². The summed E-state index contributed by atoms with van der Waals surface area (Å²) >= 11 is 0. The summed E-state index contributed by atoms with van der Waals surface area (Å²) in [4.78, 5) is 30.1. The fraction of sp³-hybridized carbons (Fsp3) is 0.333. The molecule has 0 radical (unpaired) electrons. The van der Waals surface area contributed by atoms with Gasteiger partial charge in [0.15, 0.2) is 0 Å². The fourth-order valence-corrected chi connectivity index (χ4v) is 2.64. The van der Waals surface area contributed by atoms with Crippen LogP contribution in [0.1, 0.15) is 23.2 Å². The molecule has 8 heteroatoms. The van der Waals surface area contributed by atoms with Gasteiger partial charge in [0.05, 0.1) is 5.92 Å². The van der Waals surface area contributed by atoms with Gasteiger partial charge in [-0.25, -0.2) is 9.49 Å². The first kappa shape index (κ1) is 15.1. The van der Waals surface area contributed by atoms with Crippen molar-refractivity contribution in [1.29, 1.82) is 0 Å². The maximum atomic E-state index is 12.9. The van der Waals surface area contributed by atoms with Gasteiger partial charge in [-0.2, -0.15) is 10.1 Å². The van der Waals surface area contributed by atoms with Gasteiger partial charge in [0.2, 0.25) is 11.9 Å². The van der Waals surface area contributed by atoms with Crippen molar-refractivity contribution in [3.63, 3.8) is 0 Å². The molecule has 1 aliphatic rings. The lowest BCUT2D eigenvalue weighted by molar-refractivity contribution is -0.121. The van der Waals surface area contributed by atoms with E-state index in [2.05, 4.69) is 20.5 Å². The smallest absolute Gasteiger partial charge is 0.253 e. The average Bonchev–Trinajstić information content (AvgIpc) is 3.08. The summed E-state index contributed by atoms with van der Waals surface area (Å²) < 4.78 is 12.9. The van der Waals surface area contributed by atoms with Crippen molar-refractivity contribution in [3.05, 3.63) is 42.0 Å². The Bertz CT molecular complexity index is 686. The van der Waals surface area contributed by atoms with E-state index >= 15 is 0 Å². The number of piperidine rings is 1. The molecule has 1 aromatic heterocycles. The number of carbonyl (C=O) groups excluding carboxylic acids is 2. The van der Waals surface area contributed by atoms with E-state index in [-0.39, 0.29) is 29.5 Å². The van der Waals surface area contributed by atoms with E-state index in [1.807, 2.05) is 0 Å². The Hall–Kier alpha value is -2.77. The van der Waals surface area contributed by atoms with Gasteiger partial charge in [0.25, 0.3) is 5.91 Å². The second-order valence-electron chi connectivity index (χ2n) is 5.42. The highest BCUT2D eigenvalue weighted by molar-refractivity contribution is 5.95. The first-order valence-electron chi connectivity index (χ1n) is 7.34. The van der Waals surface area contributed by atoms with Crippen molar-refractivity contribution in [2.45, 2.75) is 12.8 Å². The number of benzene rings is 1. The van der Waals surface area contributed by atoms with E-state index in [0.29, 0.717) is 25.1 Å². The number of likely N-dealkylation sites (tertiary alicyclic amines) is 1. The van der Waals surface area contributed by atoms with Crippen LogP contribution in [0.4, 0.5) is 10.3 Å². The molecule has 0 saturated carbocycles. The number of H-pyrrole nitrogens is 1. The van der Waals surface area contributed by atoms with Crippen LogP contribution >= 0.6 is 0 Å². The average molecular weight is 317 g/mol. The molecular formula is C15H16FN5O2. The highest BCUT2D eigenvalue weighted by atomic mass is 19.1. The standard InChI is InChI=1S/C15H16FN5O2/c16-12-5-3-10(4-6-12)14(23)21-7-1-2-11(8-21)13(22)19-15-17-9-18-20-15/h3-6,9,11H,1-2,7-8H2,(H2,17,18,19,20,22). The molecule has 1 atom stereocenters. The zero-order valence-corrected chi connectivity index (χ0v) is 12.3. The molecule has 0 spiro atoms. The number of anilines is 1. The second kappa shape index (κ2) is 6.55. The molecule has 2 aromatic rings. The Labute approximate surface area is 131 Å². The summed E-state index contributed by atoms with van der Waals surface area (Å²) in [5.41, 5.74) is 0.419. The van der Waals surface area contributed by atoms with Crippen molar-refractivity contribution in [2.24, 2.45) is 5.92 Å². The van der Waals surface area contributed by atoms with Crippen molar-refractivity contribution in [3.8, 4) is 0 Å². The molecule has 1 aliphatic heterocycles. The number of carbonyl (C=O) groups is 2. The molecule has 1 unspecified atom stereocenters. The first-order chi connectivity index (χ1) is 11.1. The summed E-state index contributed by atoms with van der Waals surface area (Å²) in [6, 6.07) is 5.42. The number of rotatable bonds is 3. The minimum atomic E-state index is -0.385. The highest BCUT2D eigenvalue weighted by Crippen LogP contribution is 2.20. The third-order valence-electron chi connectivity index (χ3n) is 3.83. The third-order valence-corrected chi connectivity index (χ3v) is 3.83. The summed E-state index contributed by atoms with van der Waals surface area (Å²) in [5.74, 6) is -0.791. The van der Waals surface area contributed by atoms with Gasteiger partial charge in [0.1, 0.15) is 12.1 Å². The largest absolute Gasteiger partial charge is 0.338 e. The molecule has 2 N–H and O–H groups in total. The molecule has 0 aliphatic carbocycles. The van der Waals surface area contributed by atoms with Crippen LogP contribution in [0.3, 0.4) is 0 Å². The molecule has 7 nitrogen and oxygen atoms in total. The topological polar surface area (TPSA) is 91.0 Å². The predicted molar refractivity (Wildman–Crippen MR) is 80.0 cm³/mol. The van der Waals surface area contributed by atoms with Crippen LogP contribution in [0, 0.1) is 11.7 Å². The molecule has 23 heavy (non-hydrogen) atoms. The van der Waals surface area contributed by atoms with Crippen molar-refractivity contribution >= 4 is 17.8 Å². The number of halogens is 1. The van der Waals surface area contributed by atoms with E-state index in [4.69, 9.17) is 0 Å². The number of hydrogen-bond acceptors (Lipinski definition) is 4. The summed E-state index contributed by atoms with van der Waals surface area (Å²) in [7, 11) is 0. The van der Waals surface area contributed by atoms with E-state index in [1.54, 1.807) is 4.90 Å². The second-order valence-corrected chi connectivity index (χ2v) is 5.42. The number of nitrogens with zero attached hydrogens (tertiary/aromatic N) is 3. The minimum absolute atomic E-state index is 0.192. The van der Waals surface area contributed by atoms with E-state index < -0.39 is 0 Å². The lowest BCUT2D eigenvalue weighted by atomic mass is 9.96. The van der Waals surface area contributed by atoms with E-state index in [9.17, 15) is 14.0 Å². The Morgan fingerprint density at radius 3 is 2.78 bits per heavy atom. The number of aromatic nitrogens is 3. The molecule has 2 heterocycles. The van der Waals surface area contributed by atoms with E-state index in [0.717, 1.165) is 6.42 Å².